The Labute approximate surface area is 167 Å². The van der Waals surface area contributed by atoms with Gasteiger partial charge in [-0.2, -0.15) is 13.2 Å². The summed E-state index contributed by atoms with van der Waals surface area (Å²) in [4.78, 5) is 0. The Bertz CT molecular complexity index is 775. The van der Waals surface area contributed by atoms with Gasteiger partial charge in [-0.25, -0.2) is 0 Å². The van der Waals surface area contributed by atoms with Crippen molar-refractivity contribution < 1.29 is 22.5 Å². The Morgan fingerprint density at radius 2 is 1.68 bits per heavy atom. The van der Waals surface area contributed by atoms with Crippen LogP contribution in [-0.2, 0) is 24.1 Å². The van der Waals surface area contributed by atoms with Gasteiger partial charge in [-0.1, -0.05) is 30.3 Å². The highest BCUT2D eigenvalue weighted by Gasteiger charge is 2.36. The molecule has 7 heteroatoms. The normalized spacial score (nSPS) is 14.8. The maximum Gasteiger partial charge on any atom is 0.416 e. The van der Waals surface area contributed by atoms with Crippen molar-refractivity contribution in [3.8, 4) is 5.75 Å². The molecule has 3 nitrogen and oxygen atoms in total. The van der Waals surface area contributed by atoms with Crippen molar-refractivity contribution >= 4 is 11.4 Å². The minimum Gasteiger partial charge on any atom is -0.597 e. The van der Waals surface area contributed by atoms with Gasteiger partial charge >= 0.3 is 6.18 Å². The molecule has 0 heterocycles. The van der Waals surface area contributed by atoms with Crippen LogP contribution in [0.2, 0.25) is 0 Å². The fourth-order valence-electron chi connectivity index (χ4n) is 2.64. The van der Waals surface area contributed by atoms with Gasteiger partial charge in [-0.3, -0.25) is 0 Å². The molecule has 2 atom stereocenters. The summed E-state index contributed by atoms with van der Waals surface area (Å²) in [5, 5.41) is 0. The van der Waals surface area contributed by atoms with E-state index in [1.165, 1.54) is 0 Å². The Kier molecular flexibility index (Phi) is 7.07. The monoisotopic (exact) mass is 413 g/mol. The topological polar surface area (TPSA) is 35.5 Å². The zero-order valence-electron chi connectivity index (χ0n) is 16.7. The molecular formula is C21H26F3NO2S. The predicted octanol–water partition coefficient (Wildman–Crippen LogP) is 5.74. The van der Waals surface area contributed by atoms with Crippen LogP contribution in [-0.4, -0.2) is 20.7 Å². The molecule has 2 aromatic carbocycles. The van der Waals surface area contributed by atoms with Crippen LogP contribution in [0.1, 0.15) is 50.4 Å². The molecule has 0 aliphatic carbocycles. The number of hydrogen-bond donors (Lipinski definition) is 0. The molecule has 154 valence electrons. The summed E-state index contributed by atoms with van der Waals surface area (Å²) in [7, 11) is 1.65. The zero-order chi connectivity index (χ0) is 21.1. The standard InChI is InChI=1S/C21H26F3NO2S/c1-15(25(5)28(26)20(2,3)4)17-11-18(21(22,23)24)13-19(12-17)27-14-16-9-7-6-8-10-16/h6-13,15H,14H2,1-5H3. The molecule has 2 aromatic rings. The third-order valence-corrected chi connectivity index (χ3v) is 6.20. The van der Waals surface area contributed by atoms with E-state index >= 15 is 0 Å². The molecule has 0 saturated carbocycles. The van der Waals surface area contributed by atoms with Crippen molar-refractivity contribution in [2.24, 2.45) is 0 Å². The summed E-state index contributed by atoms with van der Waals surface area (Å²) >= 11 is -1.37. The molecule has 0 amide bonds. The molecule has 0 radical (unpaired) electrons. The Balaban J connectivity index is 2.32. The van der Waals surface area contributed by atoms with Crippen LogP contribution >= 0.6 is 0 Å². The predicted molar refractivity (Wildman–Crippen MR) is 106 cm³/mol. The van der Waals surface area contributed by atoms with Crippen molar-refractivity contribution in [2.45, 2.75) is 51.3 Å². The first kappa shape index (κ1) is 22.6. The van der Waals surface area contributed by atoms with Crippen LogP contribution in [0, 0.1) is 0 Å². The van der Waals surface area contributed by atoms with Crippen LogP contribution < -0.4 is 4.74 Å². The number of benzene rings is 2. The smallest absolute Gasteiger partial charge is 0.416 e. The summed E-state index contributed by atoms with van der Waals surface area (Å²) < 4.78 is 59.5. The Morgan fingerprint density at radius 3 is 2.21 bits per heavy atom. The number of hydrogen-bond acceptors (Lipinski definition) is 3. The maximum atomic E-state index is 13.4. The lowest BCUT2D eigenvalue weighted by atomic mass is 10.0. The van der Waals surface area contributed by atoms with Crippen LogP contribution in [0.3, 0.4) is 0 Å². The molecule has 2 unspecified atom stereocenters. The molecule has 0 fully saturated rings. The highest BCUT2D eigenvalue weighted by atomic mass is 32.2. The highest BCUT2D eigenvalue weighted by molar-refractivity contribution is 7.90. The molecule has 0 spiro atoms. The first-order valence-electron chi connectivity index (χ1n) is 8.93. The molecule has 0 N–H and O–H groups in total. The molecule has 0 aliphatic heterocycles. The summed E-state index contributed by atoms with van der Waals surface area (Å²) in [6, 6.07) is 12.4. The Morgan fingerprint density at radius 1 is 1.07 bits per heavy atom. The van der Waals surface area contributed by atoms with Gasteiger partial charge in [0.2, 0.25) is 0 Å². The van der Waals surface area contributed by atoms with E-state index in [-0.39, 0.29) is 12.4 Å². The van der Waals surface area contributed by atoms with E-state index < -0.39 is 33.9 Å². The number of nitrogens with zero attached hydrogens (tertiary/aromatic N) is 1. The van der Waals surface area contributed by atoms with Gasteiger partial charge in [0.15, 0.2) is 0 Å². The van der Waals surface area contributed by atoms with Crippen molar-refractivity contribution in [1.29, 1.82) is 0 Å². The number of ether oxygens (including phenoxy) is 1. The SMILES string of the molecule is CC(c1cc(OCc2ccccc2)cc(C(F)(F)F)c1)N(C)[S+]([O-])C(C)(C)C. The van der Waals surface area contributed by atoms with E-state index in [0.29, 0.717) is 5.56 Å². The quantitative estimate of drug-likeness (QED) is 0.567. The summed E-state index contributed by atoms with van der Waals surface area (Å²) in [5.41, 5.74) is 0.480. The third kappa shape index (κ3) is 5.90. The second-order valence-corrected chi connectivity index (χ2v) is 9.95. The van der Waals surface area contributed by atoms with Gasteiger partial charge < -0.3 is 9.29 Å². The van der Waals surface area contributed by atoms with E-state index in [1.807, 2.05) is 51.1 Å². The second-order valence-electron chi connectivity index (χ2n) is 7.65. The average molecular weight is 414 g/mol. The van der Waals surface area contributed by atoms with Gasteiger partial charge in [-0.15, -0.1) is 4.31 Å². The van der Waals surface area contributed by atoms with Crippen molar-refractivity contribution in [3.05, 3.63) is 65.2 Å². The van der Waals surface area contributed by atoms with Gasteiger partial charge in [-0.05, 0) is 57.0 Å². The largest absolute Gasteiger partial charge is 0.597 e. The molecule has 0 bridgehead atoms. The summed E-state index contributed by atoms with van der Waals surface area (Å²) in [6.45, 7) is 7.38. The average Bonchev–Trinajstić information content (AvgIpc) is 2.63. The van der Waals surface area contributed by atoms with Crippen molar-refractivity contribution in [2.75, 3.05) is 7.05 Å². The van der Waals surface area contributed by atoms with E-state index in [2.05, 4.69) is 0 Å². The fraction of sp³-hybridized carbons (Fsp3) is 0.429. The van der Waals surface area contributed by atoms with E-state index in [1.54, 1.807) is 24.3 Å². The maximum absolute atomic E-state index is 13.4. The van der Waals surface area contributed by atoms with E-state index in [0.717, 1.165) is 17.7 Å². The second kappa shape index (κ2) is 8.76. The van der Waals surface area contributed by atoms with Gasteiger partial charge in [0.1, 0.15) is 17.1 Å². The lowest BCUT2D eigenvalue weighted by Gasteiger charge is -2.34. The van der Waals surface area contributed by atoms with Crippen LogP contribution in [0.5, 0.6) is 5.75 Å². The van der Waals surface area contributed by atoms with Crippen LogP contribution in [0.15, 0.2) is 48.5 Å². The highest BCUT2D eigenvalue weighted by Crippen LogP contribution is 2.36. The van der Waals surface area contributed by atoms with Crippen LogP contribution in [0.4, 0.5) is 13.2 Å². The summed E-state index contributed by atoms with van der Waals surface area (Å²) in [6.07, 6.45) is -4.50. The molecular weight excluding hydrogens is 387 g/mol. The molecule has 2 rings (SSSR count). The van der Waals surface area contributed by atoms with E-state index in [4.69, 9.17) is 4.74 Å². The first-order valence-corrected chi connectivity index (χ1v) is 10.0. The number of halogens is 3. The minimum absolute atomic E-state index is 0.135. The number of alkyl halides is 3. The van der Waals surface area contributed by atoms with Crippen LogP contribution in [0.25, 0.3) is 0 Å². The number of rotatable bonds is 6. The Hall–Kier alpha value is -1.70. The lowest BCUT2D eigenvalue weighted by molar-refractivity contribution is -0.137. The van der Waals surface area contributed by atoms with Gasteiger partial charge in [0.25, 0.3) is 0 Å². The summed E-state index contributed by atoms with van der Waals surface area (Å²) in [5.74, 6) is 0.135. The first-order chi connectivity index (χ1) is 12.9. The molecule has 28 heavy (non-hydrogen) atoms. The van der Waals surface area contributed by atoms with Crippen molar-refractivity contribution in [3.63, 3.8) is 0 Å². The molecule has 0 aliphatic rings. The minimum atomic E-state index is -4.50. The lowest BCUT2D eigenvalue weighted by Crippen LogP contribution is -2.41. The molecule has 0 aromatic heterocycles. The third-order valence-electron chi connectivity index (χ3n) is 4.32. The fourth-order valence-corrected chi connectivity index (χ4v) is 3.91. The van der Waals surface area contributed by atoms with Crippen molar-refractivity contribution in [1.82, 2.24) is 4.31 Å². The molecule has 0 saturated heterocycles. The van der Waals surface area contributed by atoms with Gasteiger partial charge in [0, 0.05) is 18.4 Å². The zero-order valence-corrected chi connectivity index (χ0v) is 17.5. The van der Waals surface area contributed by atoms with E-state index in [9.17, 15) is 17.7 Å². The van der Waals surface area contributed by atoms with Gasteiger partial charge in [0.05, 0.1) is 11.6 Å².